The molecule has 1 aromatic heterocycles. The molecular formula is C6H8N2OS. The lowest BCUT2D eigenvalue weighted by atomic mass is 10.4. The van der Waals surface area contributed by atoms with E-state index in [1.807, 2.05) is 6.92 Å². The maximum Gasteiger partial charge on any atom is 0.294 e. The highest BCUT2D eigenvalue weighted by molar-refractivity contribution is 7.14. The summed E-state index contributed by atoms with van der Waals surface area (Å²) in [6.07, 6.45) is 0. The topological polar surface area (TPSA) is 35.0 Å². The SMILES string of the molecule is C=C(C)c1nnc(OC)s1. The summed E-state index contributed by atoms with van der Waals surface area (Å²) in [5.41, 5.74) is 0.917. The number of aromatic nitrogens is 2. The van der Waals surface area contributed by atoms with Crippen LogP contribution in [0.1, 0.15) is 11.9 Å². The molecule has 0 spiro atoms. The highest BCUT2D eigenvalue weighted by Crippen LogP contribution is 2.21. The van der Waals surface area contributed by atoms with Gasteiger partial charge in [-0.2, -0.15) is 0 Å². The maximum atomic E-state index is 4.85. The number of hydrogen-bond donors (Lipinski definition) is 0. The molecule has 4 heteroatoms. The van der Waals surface area contributed by atoms with Gasteiger partial charge in [0.25, 0.3) is 5.19 Å². The molecule has 3 nitrogen and oxygen atoms in total. The van der Waals surface area contributed by atoms with E-state index in [1.165, 1.54) is 11.3 Å². The minimum atomic E-state index is 0.581. The van der Waals surface area contributed by atoms with Crippen molar-refractivity contribution in [2.75, 3.05) is 7.11 Å². The minimum Gasteiger partial charge on any atom is -0.472 e. The third-order valence-electron chi connectivity index (χ3n) is 0.946. The van der Waals surface area contributed by atoms with Gasteiger partial charge in [0, 0.05) is 0 Å². The number of rotatable bonds is 2. The molecule has 0 unspecified atom stereocenters. The van der Waals surface area contributed by atoms with Gasteiger partial charge in [-0.25, -0.2) is 0 Å². The first kappa shape index (κ1) is 7.21. The van der Waals surface area contributed by atoms with E-state index in [9.17, 15) is 0 Å². The Balaban J connectivity index is 2.88. The van der Waals surface area contributed by atoms with Crippen molar-refractivity contribution in [3.05, 3.63) is 11.6 Å². The molecule has 10 heavy (non-hydrogen) atoms. The monoisotopic (exact) mass is 156 g/mol. The average molecular weight is 156 g/mol. The molecule has 0 aliphatic heterocycles. The summed E-state index contributed by atoms with van der Waals surface area (Å²) in [5, 5.41) is 8.98. The van der Waals surface area contributed by atoms with E-state index >= 15 is 0 Å². The lowest BCUT2D eigenvalue weighted by Crippen LogP contribution is -1.79. The Hall–Kier alpha value is -0.900. The predicted molar refractivity (Wildman–Crippen MR) is 41.2 cm³/mol. The van der Waals surface area contributed by atoms with Crippen molar-refractivity contribution in [3.8, 4) is 5.19 Å². The van der Waals surface area contributed by atoms with Gasteiger partial charge >= 0.3 is 0 Å². The molecule has 54 valence electrons. The van der Waals surface area contributed by atoms with Gasteiger partial charge in [-0.1, -0.05) is 23.0 Å². The van der Waals surface area contributed by atoms with Crippen molar-refractivity contribution in [2.24, 2.45) is 0 Å². The number of nitrogens with zero attached hydrogens (tertiary/aromatic N) is 2. The highest BCUT2D eigenvalue weighted by atomic mass is 32.1. The Bertz CT molecular complexity index is 244. The van der Waals surface area contributed by atoms with Crippen LogP contribution in [0.3, 0.4) is 0 Å². The van der Waals surface area contributed by atoms with E-state index in [2.05, 4.69) is 16.8 Å². The first-order chi connectivity index (χ1) is 4.74. The summed E-state index contributed by atoms with van der Waals surface area (Å²) < 4.78 is 4.85. The van der Waals surface area contributed by atoms with Crippen LogP contribution in [0, 0.1) is 0 Å². The molecule has 0 aliphatic carbocycles. The van der Waals surface area contributed by atoms with Gasteiger partial charge < -0.3 is 4.74 Å². The minimum absolute atomic E-state index is 0.581. The van der Waals surface area contributed by atoms with Crippen molar-refractivity contribution in [1.82, 2.24) is 10.2 Å². The summed E-state index contributed by atoms with van der Waals surface area (Å²) in [5.74, 6) is 0. The van der Waals surface area contributed by atoms with E-state index in [4.69, 9.17) is 4.74 Å². The maximum absolute atomic E-state index is 4.85. The highest BCUT2D eigenvalue weighted by Gasteiger charge is 2.02. The fourth-order valence-corrected chi connectivity index (χ4v) is 1.05. The van der Waals surface area contributed by atoms with E-state index < -0.39 is 0 Å². The molecule has 1 rings (SSSR count). The third-order valence-corrected chi connectivity index (χ3v) is 1.99. The summed E-state index contributed by atoms with van der Waals surface area (Å²) in [6.45, 7) is 5.61. The first-order valence-electron chi connectivity index (χ1n) is 2.77. The normalized spacial score (nSPS) is 9.40. The van der Waals surface area contributed by atoms with Gasteiger partial charge in [0.1, 0.15) is 5.01 Å². The van der Waals surface area contributed by atoms with Crippen molar-refractivity contribution in [2.45, 2.75) is 6.92 Å². The first-order valence-corrected chi connectivity index (χ1v) is 3.59. The van der Waals surface area contributed by atoms with Crippen LogP contribution >= 0.6 is 11.3 Å². The fourth-order valence-electron chi connectivity index (χ4n) is 0.465. The van der Waals surface area contributed by atoms with Crippen LogP contribution in [0.2, 0.25) is 0 Å². The molecule has 0 fully saturated rings. The smallest absolute Gasteiger partial charge is 0.294 e. The Labute approximate surface area is 63.4 Å². The molecule has 0 aliphatic rings. The zero-order valence-electron chi connectivity index (χ0n) is 5.92. The zero-order valence-corrected chi connectivity index (χ0v) is 6.73. The molecule has 0 bridgehead atoms. The number of allylic oxidation sites excluding steroid dienone is 1. The molecule has 0 saturated heterocycles. The van der Waals surface area contributed by atoms with E-state index in [0.717, 1.165) is 10.6 Å². The predicted octanol–water partition coefficient (Wildman–Crippen LogP) is 1.58. The molecule has 0 saturated carbocycles. The largest absolute Gasteiger partial charge is 0.472 e. The van der Waals surface area contributed by atoms with E-state index in [0.29, 0.717) is 5.19 Å². The van der Waals surface area contributed by atoms with Gasteiger partial charge in [-0.15, -0.1) is 5.10 Å². The second kappa shape index (κ2) is 2.79. The van der Waals surface area contributed by atoms with Gasteiger partial charge in [-0.3, -0.25) is 0 Å². The molecular weight excluding hydrogens is 148 g/mol. The number of ether oxygens (including phenoxy) is 1. The van der Waals surface area contributed by atoms with Gasteiger partial charge in [0.15, 0.2) is 0 Å². The molecule has 1 aromatic rings. The van der Waals surface area contributed by atoms with Crippen molar-refractivity contribution in [1.29, 1.82) is 0 Å². The molecule has 0 atom stereocenters. The zero-order chi connectivity index (χ0) is 7.56. The quantitative estimate of drug-likeness (QED) is 0.652. The summed E-state index contributed by atoms with van der Waals surface area (Å²) in [7, 11) is 1.57. The van der Waals surface area contributed by atoms with Crippen LogP contribution in [0.5, 0.6) is 5.19 Å². The summed E-state index contributed by atoms with van der Waals surface area (Å²) >= 11 is 1.40. The van der Waals surface area contributed by atoms with E-state index in [-0.39, 0.29) is 0 Å². The lowest BCUT2D eigenvalue weighted by Gasteiger charge is -1.86. The molecule has 0 amide bonds. The Morgan fingerprint density at radius 1 is 1.60 bits per heavy atom. The Morgan fingerprint density at radius 3 is 2.60 bits per heavy atom. The van der Waals surface area contributed by atoms with Crippen LogP contribution < -0.4 is 4.74 Å². The number of methoxy groups -OCH3 is 1. The molecule has 0 radical (unpaired) electrons. The third kappa shape index (κ3) is 1.33. The second-order valence-electron chi connectivity index (χ2n) is 1.86. The standard InChI is InChI=1S/C6H8N2OS/c1-4(2)5-7-8-6(9-3)10-5/h1H2,2-3H3. The van der Waals surface area contributed by atoms with Crippen LogP contribution in [0.15, 0.2) is 6.58 Å². The fraction of sp³-hybridized carbons (Fsp3) is 0.333. The van der Waals surface area contributed by atoms with Crippen molar-refractivity contribution in [3.63, 3.8) is 0 Å². The van der Waals surface area contributed by atoms with Gasteiger partial charge in [0.2, 0.25) is 0 Å². The Kier molecular flexibility index (Phi) is 2.01. The summed E-state index contributed by atoms with van der Waals surface area (Å²) in [6, 6.07) is 0. The van der Waals surface area contributed by atoms with Crippen LogP contribution in [-0.2, 0) is 0 Å². The molecule has 0 aromatic carbocycles. The van der Waals surface area contributed by atoms with Crippen molar-refractivity contribution >= 4 is 16.9 Å². The second-order valence-corrected chi connectivity index (χ2v) is 2.80. The number of hydrogen-bond acceptors (Lipinski definition) is 4. The molecule has 1 heterocycles. The van der Waals surface area contributed by atoms with Gasteiger partial charge in [0.05, 0.1) is 7.11 Å². The summed E-state index contributed by atoms with van der Waals surface area (Å²) in [4.78, 5) is 0. The van der Waals surface area contributed by atoms with Crippen molar-refractivity contribution < 1.29 is 4.74 Å². The Morgan fingerprint density at radius 2 is 2.30 bits per heavy atom. The van der Waals surface area contributed by atoms with E-state index in [1.54, 1.807) is 7.11 Å². The van der Waals surface area contributed by atoms with Crippen LogP contribution in [-0.4, -0.2) is 17.3 Å². The van der Waals surface area contributed by atoms with Crippen LogP contribution in [0.4, 0.5) is 0 Å². The molecule has 0 N–H and O–H groups in total. The van der Waals surface area contributed by atoms with Crippen LogP contribution in [0.25, 0.3) is 5.57 Å². The average Bonchev–Trinajstić information content (AvgIpc) is 2.34. The lowest BCUT2D eigenvalue weighted by molar-refractivity contribution is 0.407. The van der Waals surface area contributed by atoms with Gasteiger partial charge in [-0.05, 0) is 12.5 Å².